The smallest absolute Gasteiger partial charge is 0.243 e. The minimum absolute atomic E-state index is 0.0337. The van der Waals surface area contributed by atoms with Gasteiger partial charge in [0.1, 0.15) is 6.04 Å². The van der Waals surface area contributed by atoms with E-state index < -0.39 is 6.04 Å². The quantitative estimate of drug-likeness (QED) is 0.894. The molecule has 2 aromatic rings. The third-order valence-corrected chi connectivity index (χ3v) is 4.65. The lowest BCUT2D eigenvalue weighted by atomic mass is 9.99. The van der Waals surface area contributed by atoms with Crippen LogP contribution >= 0.6 is 0 Å². The van der Waals surface area contributed by atoms with Gasteiger partial charge in [0.15, 0.2) is 11.7 Å². The number of carbonyl (C=O) groups is 2. The molecule has 1 N–H and O–H groups in total. The summed E-state index contributed by atoms with van der Waals surface area (Å²) in [5.74, 6) is 1.21. The Balaban J connectivity index is 1.62. The average Bonchev–Trinajstić information content (AvgIpc) is 3.08. The Hall–Kier alpha value is -2.63. The minimum atomic E-state index is -0.399. The highest BCUT2D eigenvalue weighted by Gasteiger charge is 2.34. The van der Waals surface area contributed by atoms with Crippen LogP contribution in [0.25, 0.3) is 11.3 Å². The van der Waals surface area contributed by atoms with Gasteiger partial charge in [-0.3, -0.25) is 9.59 Å². The van der Waals surface area contributed by atoms with Gasteiger partial charge in [-0.15, -0.1) is 0 Å². The van der Waals surface area contributed by atoms with Crippen LogP contribution in [0.3, 0.4) is 0 Å². The van der Waals surface area contributed by atoms with Gasteiger partial charge >= 0.3 is 0 Å². The summed E-state index contributed by atoms with van der Waals surface area (Å²) in [5, 5.41) is 2.83. The molecule has 1 atom stereocenters. The van der Waals surface area contributed by atoms with Crippen molar-refractivity contribution in [1.29, 1.82) is 0 Å². The van der Waals surface area contributed by atoms with Crippen molar-refractivity contribution in [3.8, 4) is 11.3 Å². The van der Waals surface area contributed by atoms with E-state index in [1.54, 1.807) is 11.1 Å². The van der Waals surface area contributed by atoms with Crippen molar-refractivity contribution in [2.24, 2.45) is 5.92 Å². The standard InChI is InChI=1S/C20H25N3O3/c1-13(2)19-20(25)21-10-11-23(19)18(24)9-8-17-22-12-16(26-17)15-6-4-14(3)5-7-15/h4-7,12-13,19H,8-11H2,1-3H3,(H,21,25). The largest absolute Gasteiger partial charge is 0.441 e. The number of oxazole rings is 1. The first-order valence-corrected chi connectivity index (χ1v) is 9.04. The van der Waals surface area contributed by atoms with Crippen molar-refractivity contribution in [1.82, 2.24) is 15.2 Å². The number of hydrogen-bond acceptors (Lipinski definition) is 4. The topological polar surface area (TPSA) is 75.4 Å². The van der Waals surface area contributed by atoms with Crippen molar-refractivity contribution >= 4 is 11.8 Å². The van der Waals surface area contributed by atoms with Crippen LogP contribution in [0, 0.1) is 12.8 Å². The fraction of sp³-hybridized carbons (Fsp3) is 0.450. The highest BCUT2D eigenvalue weighted by molar-refractivity contribution is 5.89. The normalized spacial score (nSPS) is 17.5. The van der Waals surface area contributed by atoms with E-state index >= 15 is 0 Å². The predicted octanol–water partition coefficient (Wildman–Crippen LogP) is 2.57. The zero-order valence-electron chi connectivity index (χ0n) is 15.5. The summed E-state index contributed by atoms with van der Waals surface area (Å²) >= 11 is 0. The molecule has 2 heterocycles. The van der Waals surface area contributed by atoms with Crippen LogP contribution in [0.4, 0.5) is 0 Å². The number of aromatic nitrogens is 1. The summed E-state index contributed by atoms with van der Waals surface area (Å²) in [7, 11) is 0. The molecule has 1 aliphatic rings. The molecule has 6 heteroatoms. The Morgan fingerprint density at radius 1 is 1.35 bits per heavy atom. The van der Waals surface area contributed by atoms with Crippen molar-refractivity contribution in [3.63, 3.8) is 0 Å². The maximum atomic E-state index is 12.6. The molecule has 0 radical (unpaired) electrons. The van der Waals surface area contributed by atoms with Crippen molar-refractivity contribution < 1.29 is 14.0 Å². The second-order valence-electron chi connectivity index (χ2n) is 7.05. The molecule has 1 aliphatic heterocycles. The van der Waals surface area contributed by atoms with Crippen LogP contribution in [-0.2, 0) is 16.0 Å². The summed E-state index contributed by atoms with van der Waals surface area (Å²) in [6, 6.07) is 7.63. The average molecular weight is 355 g/mol. The Kier molecular flexibility index (Phi) is 5.40. The molecule has 1 fully saturated rings. The molecular formula is C20H25N3O3. The van der Waals surface area contributed by atoms with E-state index in [0.717, 1.165) is 5.56 Å². The van der Waals surface area contributed by atoms with Gasteiger partial charge in [-0.25, -0.2) is 4.98 Å². The Morgan fingerprint density at radius 3 is 2.77 bits per heavy atom. The van der Waals surface area contributed by atoms with Crippen LogP contribution in [0.1, 0.15) is 31.7 Å². The summed E-state index contributed by atoms with van der Waals surface area (Å²) in [5.41, 5.74) is 2.15. The molecule has 1 aromatic heterocycles. The number of benzene rings is 1. The molecule has 1 unspecified atom stereocenters. The fourth-order valence-corrected chi connectivity index (χ4v) is 3.26. The first kappa shape index (κ1) is 18.2. The molecular weight excluding hydrogens is 330 g/mol. The molecule has 26 heavy (non-hydrogen) atoms. The molecule has 6 nitrogen and oxygen atoms in total. The van der Waals surface area contributed by atoms with E-state index in [9.17, 15) is 9.59 Å². The van der Waals surface area contributed by atoms with Gasteiger partial charge < -0.3 is 14.6 Å². The van der Waals surface area contributed by atoms with Crippen molar-refractivity contribution in [2.45, 2.75) is 39.7 Å². The molecule has 0 saturated carbocycles. The monoisotopic (exact) mass is 355 g/mol. The van der Waals surface area contributed by atoms with Crippen LogP contribution in [0.15, 0.2) is 34.9 Å². The lowest BCUT2D eigenvalue weighted by Gasteiger charge is -2.37. The highest BCUT2D eigenvalue weighted by Crippen LogP contribution is 2.22. The Morgan fingerprint density at radius 2 is 2.08 bits per heavy atom. The number of piperazine rings is 1. The predicted molar refractivity (Wildman–Crippen MR) is 98.3 cm³/mol. The van der Waals surface area contributed by atoms with Gasteiger partial charge in [0, 0.05) is 31.5 Å². The fourth-order valence-electron chi connectivity index (χ4n) is 3.26. The molecule has 1 saturated heterocycles. The van der Waals surface area contributed by atoms with E-state index in [1.165, 1.54) is 5.56 Å². The summed E-state index contributed by atoms with van der Waals surface area (Å²) in [6.45, 7) is 7.00. The molecule has 0 aliphatic carbocycles. The first-order chi connectivity index (χ1) is 12.5. The third-order valence-electron chi connectivity index (χ3n) is 4.65. The Bertz CT molecular complexity index is 780. The van der Waals surface area contributed by atoms with E-state index in [2.05, 4.69) is 10.3 Å². The van der Waals surface area contributed by atoms with Crippen LogP contribution in [-0.4, -0.2) is 40.8 Å². The summed E-state index contributed by atoms with van der Waals surface area (Å²) in [6.07, 6.45) is 2.40. The van der Waals surface area contributed by atoms with E-state index in [1.807, 2.05) is 45.0 Å². The lowest BCUT2D eigenvalue weighted by Crippen LogP contribution is -2.59. The van der Waals surface area contributed by atoms with E-state index in [-0.39, 0.29) is 24.2 Å². The molecule has 1 aromatic carbocycles. The molecule has 2 amide bonds. The zero-order valence-corrected chi connectivity index (χ0v) is 15.5. The SMILES string of the molecule is Cc1ccc(-c2cnc(CCC(=O)N3CCNC(=O)C3C(C)C)o2)cc1. The highest BCUT2D eigenvalue weighted by atomic mass is 16.4. The number of amides is 2. The molecule has 0 spiro atoms. The van der Waals surface area contributed by atoms with Gasteiger partial charge in [0.05, 0.1) is 6.20 Å². The maximum Gasteiger partial charge on any atom is 0.243 e. The van der Waals surface area contributed by atoms with Crippen molar-refractivity contribution in [3.05, 3.63) is 41.9 Å². The lowest BCUT2D eigenvalue weighted by molar-refractivity contribution is -0.145. The van der Waals surface area contributed by atoms with Gasteiger partial charge in [-0.05, 0) is 12.8 Å². The second kappa shape index (κ2) is 7.72. The first-order valence-electron chi connectivity index (χ1n) is 9.04. The molecule has 0 bridgehead atoms. The summed E-state index contributed by atoms with van der Waals surface area (Å²) in [4.78, 5) is 30.7. The Labute approximate surface area is 153 Å². The maximum absolute atomic E-state index is 12.6. The van der Waals surface area contributed by atoms with Crippen LogP contribution in [0.5, 0.6) is 0 Å². The van der Waals surface area contributed by atoms with Gasteiger partial charge in [-0.1, -0.05) is 43.7 Å². The van der Waals surface area contributed by atoms with Crippen molar-refractivity contribution in [2.75, 3.05) is 13.1 Å². The van der Waals surface area contributed by atoms with Gasteiger partial charge in [0.2, 0.25) is 11.8 Å². The van der Waals surface area contributed by atoms with E-state index in [4.69, 9.17) is 4.42 Å². The second-order valence-corrected chi connectivity index (χ2v) is 7.05. The number of aryl methyl sites for hydroxylation is 2. The van der Waals surface area contributed by atoms with E-state index in [0.29, 0.717) is 31.2 Å². The summed E-state index contributed by atoms with van der Waals surface area (Å²) < 4.78 is 5.78. The number of hydrogen-bond donors (Lipinski definition) is 1. The van der Waals surface area contributed by atoms with Gasteiger partial charge in [-0.2, -0.15) is 0 Å². The van der Waals surface area contributed by atoms with Crippen LogP contribution < -0.4 is 5.32 Å². The minimum Gasteiger partial charge on any atom is -0.441 e. The zero-order chi connectivity index (χ0) is 18.7. The number of nitrogens with one attached hydrogen (secondary N) is 1. The van der Waals surface area contributed by atoms with Gasteiger partial charge in [0.25, 0.3) is 0 Å². The number of carbonyl (C=O) groups excluding carboxylic acids is 2. The van der Waals surface area contributed by atoms with Crippen LogP contribution in [0.2, 0.25) is 0 Å². The number of rotatable bonds is 5. The number of nitrogens with zero attached hydrogens (tertiary/aromatic N) is 2. The molecule has 3 rings (SSSR count). The third kappa shape index (κ3) is 3.95. The molecule has 138 valence electrons.